The number of hydrogen-bond acceptors (Lipinski definition) is 6. The van der Waals surface area contributed by atoms with Gasteiger partial charge in [-0.1, -0.05) is 42.1 Å². The zero-order chi connectivity index (χ0) is 19.1. The van der Waals surface area contributed by atoms with Crippen LogP contribution in [-0.4, -0.2) is 58.8 Å². The van der Waals surface area contributed by atoms with E-state index in [2.05, 4.69) is 44.0 Å². The summed E-state index contributed by atoms with van der Waals surface area (Å²) >= 11 is 1.45. The number of thioether (sulfide) groups is 1. The Morgan fingerprint density at radius 2 is 2.00 bits per heavy atom. The van der Waals surface area contributed by atoms with Gasteiger partial charge in [0.05, 0.1) is 18.5 Å². The Morgan fingerprint density at radius 3 is 2.70 bits per heavy atom. The molecule has 1 aromatic carbocycles. The predicted molar refractivity (Wildman–Crippen MR) is 107 cm³/mol. The highest BCUT2D eigenvalue weighted by molar-refractivity contribution is 8.00. The molecule has 1 N–H and O–H groups in total. The van der Waals surface area contributed by atoms with Crippen LogP contribution in [-0.2, 0) is 22.5 Å². The maximum atomic E-state index is 12.4. The summed E-state index contributed by atoms with van der Waals surface area (Å²) in [4.78, 5) is 14.6. The van der Waals surface area contributed by atoms with Gasteiger partial charge in [-0.3, -0.25) is 9.36 Å². The van der Waals surface area contributed by atoms with Gasteiger partial charge in [-0.15, -0.1) is 10.2 Å². The first-order valence-electron chi connectivity index (χ1n) is 9.43. The molecular weight excluding hydrogens is 362 g/mol. The zero-order valence-corrected chi connectivity index (χ0v) is 16.7. The molecule has 1 aromatic heterocycles. The number of amides is 1. The summed E-state index contributed by atoms with van der Waals surface area (Å²) in [5.74, 6) is 0.884. The Hall–Kier alpha value is -2.06. The van der Waals surface area contributed by atoms with Crippen LogP contribution in [0.25, 0.3) is 0 Å². The molecule has 0 bridgehead atoms. The van der Waals surface area contributed by atoms with Gasteiger partial charge in [-0.05, 0) is 25.8 Å². The Balaban J connectivity index is 1.54. The number of aromatic nitrogens is 3. The maximum absolute atomic E-state index is 12.4. The van der Waals surface area contributed by atoms with Crippen molar-refractivity contribution in [2.75, 3.05) is 37.7 Å². The number of carbonyl (C=O) groups excluding carboxylic acids is 1. The van der Waals surface area contributed by atoms with E-state index in [1.165, 1.54) is 17.3 Å². The molecule has 146 valence electrons. The fourth-order valence-electron chi connectivity index (χ4n) is 2.97. The van der Waals surface area contributed by atoms with Crippen LogP contribution in [0.15, 0.2) is 35.5 Å². The van der Waals surface area contributed by atoms with Crippen LogP contribution in [0.5, 0.6) is 0 Å². The molecule has 1 amide bonds. The van der Waals surface area contributed by atoms with Crippen LogP contribution >= 0.6 is 11.8 Å². The second kappa shape index (κ2) is 9.75. The molecule has 8 heteroatoms. The lowest BCUT2D eigenvalue weighted by molar-refractivity contribution is -0.120. The largest absolute Gasteiger partial charge is 0.378 e. The molecule has 0 radical (unpaired) electrons. The van der Waals surface area contributed by atoms with Crippen molar-refractivity contribution < 1.29 is 9.53 Å². The minimum absolute atomic E-state index is 0.0227. The molecule has 1 atom stereocenters. The SMILES string of the molecule is CCn1c(SC(C)C(=O)NCCc2ccccc2)nnc1N1CCOCC1. The van der Waals surface area contributed by atoms with Gasteiger partial charge in [0.1, 0.15) is 0 Å². The number of hydrogen-bond donors (Lipinski definition) is 1. The first-order chi connectivity index (χ1) is 13.2. The average Bonchev–Trinajstić information content (AvgIpc) is 3.11. The predicted octanol–water partition coefficient (Wildman–Crippen LogP) is 1.97. The molecule has 1 unspecified atom stereocenters. The van der Waals surface area contributed by atoms with Gasteiger partial charge in [0, 0.05) is 26.2 Å². The minimum atomic E-state index is -0.229. The molecular formula is C19H27N5O2S. The van der Waals surface area contributed by atoms with Crippen molar-refractivity contribution >= 4 is 23.6 Å². The lowest BCUT2D eigenvalue weighted by atomic mass is 10.1. The molecule has 2 heterocycles. The van der Waals surface area contributed by atoms with Crippen molar-refractivity contribution in [3.8, 4) is 0 Å². The standard InChI is InChI=1S/C19H27N5O2S/c1-3-24-18(23-11-13-26-14-12-23)21-22-19(24)27-15(2)17(25)20-10-9-16-7-5-4-6-8-16/h4-8,15H,3,9-14H2,1-2H3,(H,20,25). The van der Waals surface area contributed by atoms with E-state index in [1.54, 1.807) is 0 Å². The quantitative estimate of drug-likeness (QED) is 0.696. The van der Waals surface area contributed by atoms with E-state index >= 15 is 0 Å². The van der Waals surface area contributed by atoms with E-state index in [0.29, 0.717) is 19.8 Å². The number of nitrogens with one attached hydrogen (secondary N) is 1. The summed E-state index contributed by atoms with van der Waals surface area (Å²) < 4.78 is 7.48. The van der Waals surface area contributed by atoms with Gasteiger partial charge < -0.3 is 15.0 Å². The maximum Gasteiger partial charge on any atom is 0.233 e. The van der Waals surface area contributed by atoms with Gasteiger partial charge in [-0.25, -0.2) is 0 Å². The van der Waals surface area contributed by atoms with Crippen LogP contribution in [0.4, 0.5) is 5.95 Å². The third kappa shape index (κ3) is 5.23. The van der Waals surface area contributed by atoms with Gasteiger partial charge in [-0.2, -0.15) is 0 Å². The van der Waals surface area contributed by atoms with Crippen molar-refractivity contribution in [2.24, 2.45) is 0 Å². The molecule has 27 heavy (non-hydrogen) atoms. The summed E-state index contributed by atoms with van der Waals surface area (Å²) in [7, 11) is 0. The Bertz CT molecular complexity index is 731. The van der Waals surface area contributed by atoms with Crippen LogP contribution in [0.1, 0.15) is 19.4 Å². The van der Waals surface area contributed by atoms with Gasteiger partial charge >= 0.3 is 0 Å². The summed E-state index contributed by atoms with van der Waals surface area (Å²) in [5, 5.41) is 12.2. The van der Waals surface area contributed by atoms with E-state index in [0.717, 1.165) is 37.2 Å². The topological polar surface area (TPSA) is 72.3 Å². The van der Waals surface area contributed by atoms with E-state index < -0.39 is 0 Å². The first-order valence-corrected chi connectivity index (χ1v) is 10.3. The lowest BCUT2D eigenvalue weighted by Crippen LogP contribution is -2.38. The first kappa shape index (κ1) is 19.7. The number of carbonyl (C=O) groups is 1. The summed E-state index contributed by atoms with van der Waals surface area (Å²) in [5.41, 5.74) is 1.22. The fourth-order valence-corrected chi connectivity index (χ4v) is 3.90. The molecule has 1 aliphatic heterocycles. The van der Waals surface area contributed by atoms with Crippen LogP contribution in [0.3, 0.4) is 0 Å². The van der Waals surface area contributed by atoms with Gasteiger partial charge in [0.15, 0.2) is 5.16 Å². The van der Waals surface area contributed by atoms with Crippen molar-refractivity contribution in [1.82, 2.24) is 20.1 Å². The van der Waals surface area contributed by atoms with Crippen molar-refractivity contribution in [3.63, 3.8) is 0 Å². The van der Waals surface area contributed by atoms with Gasteiger partial charge in [0.2, 0.25) is 11.9 Å². The number of anilines is 1. The number of rotatable bonds is 8. The third-order valence-corrected chi connectivity index (χ3v) is 5.60. The van der Waals surface area contributed by atoms with Crippen LogP contribution in [0, 0.1) is 0 Å². The number of ether oxygens (including phenoxy) is 1. The van der Waals surface area contributed by atoms with Crippen LogP contribution < -0.4 is 10.2 Å². The molecule has 2 aromatic rings. The average molecular weight is 390 g/mol. The van der Waals surface area contributed by atoms with Crippen LogP contribution in [0.2, 0.25) is 0 Å². The summed E-state index contributed by atoms with van der Waals surface area (Å²) in [6.45, 7) is 8.43. The molecule has 1 fully saturated rings. The molecule has 0 aliphatic carbocycles. The molecule has 1 saturated heterocycles. The highest BCUT2D eigenvalue weighted by Gasteiger charge is 2.23. The number of nitrogens with zero attached hydrogens (tertiary/aromatic N) is 4. The number of benzene rings is 1. The Kier molecular flexibility index (Phi) is 7.11. The number of morpholine rings is 1. The Morgan fingerprint density at radius 1 is 1.26 bits per heavy atom. The summed E-state index contributed by atoms with van der Waals surface area (Å²) in [6, 6.07) is 10.2. The highest BCUT2D eigenvalue weighted by Crippen LogP contribution is 2.26. The molecule has 7 nitrogen and oxygen atoms in total. The molecule has 0 saturated carbocycles. The monoisotopic (exact) mass is 389 g/mol. The molecule has 3 rings (SSSR count). The molecule has 1 aliphatic rings. The lowest BCUT2D eigenvalue weighted by Gasteiger charge is -2.27. The second-order valence-electron chi connectivity index (χ2n) is 6.41. The second-order valence-corrected chi connectivity index (χ2v) is 7.72. The van der Waals surface area contributed by atoms with Crippen molar-refractivity contribution in [2.45, 2.75) is 37.2 Å². The smallest absolute Gasteiger partial charge is 0.233 e. The fraction of sp³-hybridized carbons (Fsp3) is 0.526. The minimum Gasteiger partial charge on any atom is -0.378 e. The Labute approximate surface area is 164 Å². The molecule has 0 spiro atoms. The third-order valence-electron chi connectivity index (χ3n) is 4.51. The zero-order valence-electron chi connectivity index (χ0n) is 15.9. The van der Waals surface area contributed by atoms with Crippen molar-refractivity contribution in [3.05, 3.63) is 35.9 Å². The normalized spacial score (nSPS) is 15.6. The van der Waals surface area contributed by atoms with E-state index in [-0.39, 0.29) is 11.2 Å². The van der Waals surface area contributed by atoms with Crippen molar-refractivity contribution in [1.29, 1.82) is 0 Å². The van der Waals surface area contributed by atoms with E-state index in [1.807, 2.05) is 25.1 Å². The van der Waals surface area contributed by atoms with Gasteiger partial charge in [0.25, 0.3) is 0 Å². The van der Waals surface area contributed by atoms with E-state index in [9.17, 15) is 4.79 Å². The summed E-state index contributed by atoms with van der Waals surface area (Å²) in [6.07, 6.45) is 0.830. The van der Waals surface area contributed by atoms with E-state index in [4.69, 9.17) is 4.74 Å². The highest BCUT2D eigenvalue weighted by atomic mass is 32.2.